The maximum Gasteiger partial charge on any atom is 0.416 e. The Morgan fingerprint density at radius 3 is 2.27 bits per heavy atom. The minimum Gasteiger partial charge on any atom is -0.369 e. The molecule has 5 nitrogen and oxygen atoms in total. The van der Waals surface area contributed by atoms with Gasteiger partial charge in [-0.3, -0.25) is 9.69 Å². The number of hydrogen-bond acceptors (Lipinski definition) is 4. The van der Waals surface area contributed by atoms with Crippen LogP contribution in [-0.4, -0.2) is 61.5 Å². The third-order valence-electron chi connectivity index (χ3n) is 6.22. The fourth-order valence-corrected chi connectivity index (χ4v) is 4.54. The predicted octanol–water partition coefficient (Wildman–Crippen LogP) is 5.26. The van der Waals surface area contributed by atoms with Crippen LogP contribution in [0.5, 0.6) is 0 Å². The maximum atomic E-state index is 13.1. The number of benzene rings is 1. The molecule has 2 fully saturated rings. The minimum atomic E-state index is -4.41. The van der Waals surface area contributed by atoms with Gasteiger partial charge in [0.25, 0.3) is 0 Å². The minimum absolute atomic E-state index is 0. The molecule has 1 aromatic carbocycles. The molecule has 2 heterocycles. The summed E-state index contributed by atoms with van der Waals surface area (Å²) in [6, 6.07) is 5.75. The molecule has 186 valence electrons. The summed E-state index contributed by atoms with van der Waals surface area (Å²) in [4.78, 5) is 18.2. The summed E-state index contributed by atoms with van der Waals surface area (Å²) in [5.74, 6) is 0.658. The molecule has 1 amide bonds. The number of carbonyl (C=O) groups excluding carboxylic acids is 1. The number of anilines is 1. The van der Waals surface area contributed by atoms with Gasteiger partial charge in [0.05, 0.1) is 11.6 Å². The number of hydrogen-bond donors (Lipinski definition) is 0. The molecule has 0 radical (unpaired) electrons. The zero-order valence-corrected chi connectivity index (χ0v) is 20.7. The van der Waals surface area contributed by atoms with Crippen molar-refractivity contribution in [1.29, 1.82) is 5.26 Å². The van der Waals surface area contributed by atoms with E-state index >= 15 is 0 Å². The van der Waals surface area contributed by atoms with Crippen LogP contribution in [0.3, 0.4) is 0 Å². The first-order valence-electron chi connectivity index (χ1n) is 10.8. The molecule has 33 heavy (non-hydrogen) atoms. The van der Waals surface area contributed by atoms with Gasteiger partial charge in [0.15, 0.2) is 0 Å². The molecule has 0 aliphatic carbocycles. The van der Waals surface area contributed by atoms with Crippen molar-refractivity contribution in [3.05, 3.63) is 28.8 Å². The lowest BCUT2D eigenvalue weighted by atomic mass is 9.93. The van der Waals surface area contributed by atoms with Crippen molar-refractivity contribution in [2.24, 2.45) is 5.92 Å². The Hall–Kier alpha value is -1.40. The molecule has 0 unspecified atom stereocenters. The lowest BCUT2D eigenvalue weighted by Crippen LogP contribution is -2.47. The molecule has 0 N–H and O–H groups in total. The average Bonchev–Trinajstić information content (AvgIpc) is 2.75. The van der Waals surface area contributed by atoms with Crippen LogP contribution in [0.25, 0.3) is 0 Å². The number of alkyl halides is 3. The van der Waals surface area contributed by atoms with Crippen molar-refractivity contribution in [3.63, 3.8) is 0 Å². The van der Waals surface area contributed by atoms with Gasteiger partial charge in [-0.1, -0.05) is 11.6 Å². The quantitative estimate of drug-likeness (QED) is 0.505. The van der Waals surface area contributed by atoms with E-state index < -0.39 is 11.7 Å². The van der Waals surface area contributed by atoms with Crippen LogP contribution in [0, 0.1) is 17.2 Å². The molecule has 2 saturated heterocycles. The van der Waals surface area contributed by atoms with Crippen molar-refractivity contribution in [2.75, 3.05) is 50.7 Å². The number of piperazine rings is 1. The number of halogens is 6. The first-order valence-corrected chi connectivity index (χ1v) is 11.1. The van der Waals surface area contributed by atoms with Gasteiger partial charge in [0.2, 0.25) is 5.91 Å². The SMILES string of the molecule is Cl.Cl.N#CCCC(=O)N1CCC(CCN2CCN(c3cc(Cl)cc(C(F)(F)F)c3)CC2)CC1. The standard InChI is InChI=1S/C22H28ClF3N4O.2ClH/c23-19-14-18(22(24,25)26)15-20(16-19)29-12-10-28(11-13-29)7-3-17-4-8-30(9-5-17)21(31)2-1-6-27;;/h14-17H,1-5,7-13H2;2*1H. The number of nitrogens with zero attached hydrogens (tertiary/aromatic N) is 4. The van der Waals surface area contributed by atoms with Gasteiger partial charge in [-0.25, -0.2) is 0 Å². The smallest absolute Gasteiger partial charge is 0.369 e. The second-order valence-electron chi connectivity index (χ2n) is 8.30. The predicted molar refractivity (Wildman–Crippen MR) is 128 cm³/mol. The number of likely N-dealkylation sites (tertiary alicyclic amines) is 1. The van der Waals surface area contributed by atoms with Gasteiger partial charge in [-0.05, 0) is 49.9 Å². The van der Waals surface area contributed by atoms with Crippen molar-refractivity contribution < 1.29 is 18.0 Å². The average molecular weight is 530 g/mol. The van der Waals surface area contributed by atoms with E-state index in [1.807, 2.05) is 15.9 Å². The van der Waals surface area contributed by atoms with E-state index in [9.17, 15) is 18.0 Å². The Kier molecular flexibility index (Phi) is 12.1. The number of amides is 1. The van der Waals surface area contributed by atoms with Gasteiger partial charge in [0, 0.05) is 62.8 Å². The first-order chi connectivity index (χ1) is 14.8. The Morgan fingerprint density at radius 1 is 1.06 bits per heavy atom. The first kappa shape index (κ1) is 29.6. The van der Waals surface area contributed by atoms with Gasteiger partial charge < -0.3 is 9.80 Å². The van der Waals surface area contributed by atoms with E-state index in [0.717, 1.165) is 58.1 Å². The summed E-state index contributed by atoms with van der Waals surface area (Å²) in [6.07, 6.45) is -0.783. The Labute approximate surface area is 210 Å². The zero-order valence-electron chi connectivity index (χ0n) is 18.3. The number of rotatable bonds is 6. The highest BCUT2D eigenvalue weighted by molar-refractivity contribution is 6.31. The molecule has 2 aliphatic rings. The third-order valence-corrected chi connectivity index (χ3v) is 6.44. The molecule has 3 rings (SSSR count). The largest absolute Gasteiger partial charge is 0.416 e. The van der Waals surface area contributed by atoms with Crippen LogP contribution >= 0.6 is 36.4 Å². The summed E-state index contributed by atoms with van der Waals surface area (Å²) in [5.41, 5.74) is -0.192. The molecular formula is C22H30Cl3F3N4O. The van der Waals surface area contributed by atoms with Crippen LogP contribution in [0.15, 0.2) is 18.2 Å². The molecule has 0 atom stereocenters. The fraction of sp³-hybridized carbons (Fsp3) is 0.636. The van der Waals surface area contributed by atoms with Crippen molar-refractivity contribution >= 4 is 48.0 Å². The molecule has 2 aliphatic heterocycles. The number of piperidine rings is 1. The Bertz CT molecular complexity index is 803. The number of nitriles is 1. The second-order valence-corrected chi connectivity index (χ2v) is 8.73. The second kappa shape index (κ2) is 13.5. The number of carbonyl (C=O) groups is 1. The Balaban J connectivity index is 0.00000272. The molecule has 0 saturated carbocycles. The van der Waals surface area contributed by atoms with E-state index in [2.05, 4.69) is 4.90 Å². The molecule has 1 aromatic rings. The van der Waals surface area contributed by atoms with E-state index in [1.54, 1.807) is 6.07 Å². The highest BCUT2D eigenvalue weighted by Gasteiger charge is 2.32. The maximum absolute atomic E-state index is 13.1. The third kappa shape index (κ3) is 8.71. The van der Waals surface area contributed by atoms with E-state index in [4.69, 9.17) is 16.9 Å². The Morgan fingerprint density at radius 2 is 1.70 bits per heavy atom. The van der Waals surface area contributed by atoms with Crippen LogP contribution in [0.2, 0.25) is 5.02 Å². The van der Waals surface area contributed by atoms with E-state index in [-0.39, 0.29) is 42.2 Å². The summed E-state index contributed by atoms with van der Waals surface area (Å²) in [6.45, 7) is 5.44. The van der Waals surface area contributed by atoms with Crippen LogP contribution in [0.4, 0.5) is 18.9 Å². The van der Waals surface area contributed by atoms with Gasteiger partial charge in [-0.15, -0.1) is 24.8 Å². The van der Waals surface area contributed by atoms with Gasteiger partial charge in [-0.2, -0.15) is 18.4 Å². The molecule has 0 spiro atoms. The van der Waals surface area contributed by atoms with Crippen LogP contribution in [0.1, 0.15) is 37.7 Å². The molecule has 0 bridgehead atoms. The van der Waals surface area contributed by atoms with E-state index in [0.29, 0.717) is 31.1 Å². The molecule has 11 heteroatoms. The van der Waals surface area contributed by atoms with Gasteiger partial charge >= 0.3 is 6.18 Å². The highest BCUT2D eigenvalue weighted by Crippen LogP contribution is 2.34. The van der Waals surface area contributed by atoms with E-state index in [1.165, 1.54) is 6.07 Å². The zero-order chi connectivity index (χ0) is 22.4. The lowest BCUT2D eigenvalue weighted by Gasteiger charge is -2.38. The fourth-order valence-electron chi connectivity index (χ4n) is 4.31. The monoisotopic (exact) mass is 528 g/mol. The van der Waals surface area contributed by atoms with Gasteiger partial charge in [0.1, 0.15) is 0 Å². The molecule has 0 aromatic heterocycles. The lowest BCUT2D eigenvalue weighted by molar-refractivity contribution is -0.137. The van der Waals surface area contributed by atoms with Crippen molar-refractivity contribution in [3.8, 4) is 6.07 Å². The summed E-state index contributed by atoms with van der Waals surface area (Å²) in [7, 11) is 0. The van der Waals surface area contributed by atoms with Crippen molar-refractivity contribution in [2.45, 2.75) is 38.3 Å². The van der Waals surface area contributed by atoms with Crippen molar-refractivity contribution in [1.82, 2.24) is 9.80 Å². The normalized spacial score (nSPS) is 17.7. The van der Waals surface area contributed by atoms with Crippen LogP contribution in [-0.2, 0) is 11.0 Å². The summed E-state index contributed by atoms with van der Waals surface area (Å²) < 4.78 is 39.2. The van der Waals surface area contributed by atoms with Crippen LogP contribution < -0.4 is 4.90 Å². The molecular weight excluding hydrogens is 500 g/mol. The summed E-state index contributed by atoms with van der Waals surface area (Å²) in [5, 5.41) is 8.71. The topological polar surface area (TPSA) is 50.6 Å². The summed E-state index contributed by atoms with van der Waals surface area (Å²) >= 11 is 5.92. The highest BCUT2D eigenvalue weighted by atomic mass is 35.5.